The minimum Gasteiger partial charge on any atom is -0.480 e. The summed E-state index contributed by atoms with van der Waals surface area (Å²) in [6, 6.07) is -0.793. The van der Waals surface area contributed by atoms with Gasteiger partial charge in [0.25, 0.3) is 0 Å². The van der Waals surface area contributed by atoms with Crippen LogP contribution >= 0.6 is 11.8 Å². The Morgan fingerprint density at radius 2 is 2.05 bits per heavy atom. The van der Waals surface area contributed by atoms with Crippen LogP contribution in [0.3, 0.4) is 0 Å². The molecule has 3 atom stereocenters. The second kappa shape index (κ2) is 6.03. The summed E-state index contributed by atoms with van der Waals surface area (Å²) in [6.45, 7) is 9.40. The predicted octanol–water partition coefficient (Wildman–Crippen LogP) is 2.80. The number of carbonyl (C=O) groups excluding carboxylic acids is 1. The molecule has 6 heteroatoms. The third kappa shape index (κ3) is 4.03. The predicted molar refractivity (Wildman–Crippen MR) is 75.2 cm³/mol. The number of aliphatic carboxylic acids is 1. The number of ether oxygens (including phenoxy) is 1. The fourth-order valence-electron chi connectivity index (χ4n) is 1.90. The van der Waals surface area contributed by atoms with Gasteiger partial charge >= 0.3 is 12.1 Å². The Bertz CT molecular complexity index is 353. The summed E-state index contributed by atoms with van der Waals surface area (Å²) in [6.07, 6.45) is 0.360. The summed E-state index contributed by atoms with van der Waals surface area (Å²) >= 11 is 1.52. The average Bonchev–Trinajstić information content (AvgIpc) is 2.70. The molecule has 0 spiro atoms. The molecule has 1 aliphatic heterocycles. The molecular formula is C13H23NO4S. The molecule has 110 valence electrons. The van der Waals surface area contributed by atoms with E-state index in [2.05, 4.69) is 0 Å². The van der Waals surface area contributed by atoms with Gasteiger partial charge in [-0.1, -0.05) is 20.3 Å². The van der Waals surface area contributed by atoms with Crippen molar-refractivity contribution in [3.63, 3.8) is 0 Å². The highest BCUT2D eigenvalue weighted by Gasteiger charge is 2.45. The monoisotopic (exact) mass is 289 g/mol. The van der Waals surface area contributed by atoms with E-state index in [1.54, 1.807) is 20.8 Å². The molecule has 0 aliphatic carbocycles. The Morgan fingerprint density at radius 1 is 1.47 bits per heavy atom. The maximum absolute atomic E-state index is 12.2. The topological polar surface area (TPSA) is 66.8 Å². The Morgan fingerprint density at radius 3 is 2.47 bits per heavy atom. The Labute approximate surface area is 118 Å². The molecule has 0 radical (unpaired) electrons. The first-order valence-electron chi connectivity index (χ1n) is 6.53. The number of carboxylic acids is 1. The van der Waals surface area contributed by atoms with Crippen LogP contribution in [0.5, 0.6) is 0 Å². The minimum absolute atomic E-state index is 0.124. The number of nitrogens with zero attached hydrogens (tertiary/aromatic N) is 1. The lowest BCUT2D eigenvalue weighted by Gasteiger charge is -2.32. The van der Waals surface area contributed by atoms with Crippen molar-refractivity contribution >= 4 is 23.8 Å². The molecule has 3 unspecified atom stereocenters. The van der Waals surface area contributed by atoms with Crippen molar-refractivity contribution in [2.24, 2.45) is 5.92 Å². The standard InChI is InChI=1S/C13H23NO4S/c1-6-8(2)10-14(9(7-19-10)11(15)16)12(17)18-13(3,4)5/h8-10H,6-7H2,1-5H3,(H,15,16). The molecular weight excluding hydrogens is 266 g/mol. The van der Waals surface area contributed by atoms with Gasteiger partial charge in [0.05, 0.1) is 5.37 Å². The zero-order chi connectivity index (χ0) is 14.8. The van der Waals surface area contributed by atoms with Crippen LogP contribution in [0.1, 0.15) is 41.0 Å². The van der Waals surface area contributed by atoms with E-state index in [0.717, 1.165) is 6.42 Å². The number of rotatable bonds is 3. The van der Waals surface area contributed by atoms with Gasteiger partial charge in [-0.05, 0) is 26.7 Å². The summed E-state index contributed by atoms with van der Waals surface area (Å²) in [5.41, 5.74) is -0.618. The number of thioether (sulfide) groups is 1. The zero-order valence-electron chi connectivity index (χ0n) is 12.2. The van der Waals surface area contributed by atoms with E-state index in [4.69, 9.17) is 4.74 Å². The van der Waals surface area contributed by atoms with Crippen molar-refractivity contribution in [2.45, 2.75) is 58.1 Å². The third-order valence-corrected chi connectivity index (χ3v) is 4.60. The molecule has 0 aromatic carbocycles. The van der Waals surface area contributed by atoms with E-state index >= 15 is 0 Å². The maximum atomic E-state index is 12.2. The molecule has 1 heterocycles. The van der Waals surface area contributed by atoms with Crippen molar-refractivity contribution in [1.29, 1.82) is 0 Å². The highest BCUT2D eigenvalue weighted by molar-refractivity contribution is 8.00. The first kappa shape index (κ1) is 16.1. The van der Waals surface area contributed by atoms with E-state index in [9.17, 15) is 14.7 Å². The van der Waals surface area contributed by atoms with Crippen LogP contribution in [0.15, 0.2) is 0 Å². The van der Waals surface area contributed by atoms with Crippen LogP contribution < -0.4 is 0 Å². The summed E-state index contributed by atoms with van der Waals surface area (Å²) in [4.78, 5) is 24.9. The summed E-state index contributed by atoms with van der Waals surface area (Å²) < 4.78 is 5.34. The van der Waals surface area contributed by atoms with Gasteiger partial charge in [-0.3, -0.25) is 4.90 Å². The van der Waals surface area contributed by atoms with Gasteiger partial charge < -0.3 is 9.84 Å². The summed E-state index contributed by atoms with van der Waals surface area (Å²) in [5, 5.41) is 9.12. The highest BCUT2D eigenvalue weighted by Crippen LogP contribution is 2.36. The first-order valence-corrected chi connectivity index (χ1v) is 7.58. The van der Waals surface area contributed by atoms with E-state index in [0.29, 0.717) is 5.75 Å². The lowest BCUT2D eigenvalue weighted by Crippen LogP contribution is -2.49. The zero-order valence-corrected chi connectivity index (χ0v) is 13.0. The fourth-order valence-corrected chi connectivity index (χ4v) is 3.50. The number of carboxylic acid groups (broad SMARTS) is 1. The Kier molecular flexibility index (Phi) is 5.12. The van der Waals surface area contributed by atoms with Gasteiger partial charge in [0.2, 0.25) is 0 Å². The maximum Gasteiger partial charge on any atom is 0.411 e. The Balaban J connectivity index is 2.92. The fraction of sp³-hybridized carbons (Fsp3) is 0.846. The molecule has 1 aliphatic rings. The molecule has 19 heavy (non-hydrogen) atoms. The number of amides is 1. The lowest BCUT2D eigenvalue weighted by molar-refractivity contribution is -0.142. The van der Waals surface area contributed by atoms with Crippen LogP contribution in [0, 0.1) is 5.92 Å². The van der Waals surface area contributed by atoms with Crippen LogP contribution in [-0.2, 0) is 9.53 Å². The summed E-state index contributed by atoms with van der Waals surface area (Å²) in [5.74, 6) is -0.310. The molecule has 0 aromatic heterocycles. The van der Waals surface area contributed by atoms with Gasteiger partial charge in [-0.25, -0.2) is 9.59 Å². The molecule has 1 amide bonds. The largest absolute Gasteiger partial charge is 0.480 e. The first-order chi connectivity index (χ1) is 8.67. The second-order valence-electron chi connectivity index (χ2n) is 5.85. The van der Waals surface area contributed by atoms with Crippen LogP contribution in [0.25, 0.3) is 0 Å². The van der Waals surface area contributed by atoms with Gasteiger partial charge in [0, 0.05) is 5.75 Å². The normalized spacial score (nSPS) is 25.2. The van der Waals surface area contributed by atoms with Crippen LogP contribution in [0.2, 0.25) is 0 Å². The van der Waals surface area contributed by atoms with Crippen LogP contribution in [0.4, 0.5) is 4.79 Å². The van der Waals surface area contributed by atoms with Crippen molar-refractivity contribution in [3.8, 4) is 0 Å². The van der Waals surface area contributed by atoms with Crippen molar-refractivity contribution in [1.82, 2.24) is 4.90 Å². The molecule has 0 aromatic rings. The van der Waals surface area contributed by atoms with Crippen molar-refractivity contribution in [2.75, 3.05) is 5.75 Å². The van der Waals surface area contributed by atoms with Crippen molar-refractivity contribution in [3.05, 3.63) is 0 Å². The van der Waals surface area contributed by atoms with Crippen molar-refractivity contribution < 1.29 is 19.4 Å². The molecule has 1 fully saturated rings. The summed E-state index contributed by atoms with van der Waals surface area (Å²) in [7, 11) is 0. The van der Waals surface area contributed by atoms with Crippen LogP contribution in [-0.4, -0.2) is 44.8 Å². The van der Waals surface area contributed by atoms with Gasteiger partial charge in [0.15, 0.2) is 0 Å². The number of hydrogen-bond donors (Lipinski definition) is 1. The highest BCUT2D eigenvalue weighted by atomic mass is 32.2. The smallest absolute Gasteiger partial charge is 0.411 e. The van der Waals surface area contributed by atoms with Gasteiger partial charge in [0.1, 0.15) is 11.6 Å². The molecule has 1 rings (SSSR count). The van der Waals surface area contributed by atoms with E-state index in [1.807, 2.05) is 13.8 Å². The second-order valence-corrected chi connectivity index (χ2v) is 7.00. The molecule has 5 nitrogen and oxygen atoms in total. The lowest BCUT2D eigenvalue weighted by atomic mass is 10.1. The number of carbonyl (C=O) groups is 2. The molecule has 0 bridgehead atoms. The van der Waals surface area contributed by atoms with E-state index in [-0.39, 0.29) is 11.3 Å². The van der Waals surface area contributed by atoms with E-state index < -0.39 is 23.7 Å². The van der Waals surface area contributed by atoms with Gasteiger partial charge in [-0.15, -0.1) is 11.8 Å². The Hall–Kier alpha value is -0.910. The average molecular weight is 289 g/mol. The third-order valence-electron chi connectivity index (χ3n) is 3.05. The number of hydrogen-bond acceptors (Lipinski definition) is 4. The minimum atomic E-state index is -0.968. The quantitative estimate of drug-likeness (QED) is 0.865. The SMILES string of the molecule is CCC(C)C1SCC(C(=O)O)N1C(=O)OC(C)(C)C. The van der Waals surface area contributed by atoms with E-state index in [1.165, 1.54) is 16.7 Å². The molecule has 1 saturated heterocycles. The molecule has 0 saturated carbocycles. The molecule has 1 N–H and O–H groups in total. The van der Waals surface area contributed by atoms with Gasteiger partial charge in [-0.2, -0.15) is 0 Å².